The van der Waals surface area contributed by atoms with Crippen molar-refractivity contribution in [2.24, 2.45) is 17.3 Å². The zero-order valence-corrected chi connectivity index (χ0v) is 15.6. The first-order valence-electron chi connectivity index (χ1n) is 8.80. The molecule has 2 aliphatic rings. The fourth-order valence-corrected chi connectivity index (χ4v) is 5.04. The zero-order chi connectivity index (χ0) is 15.5. The molecule has 0 radical (unpaired) electrons. The Hall–Kier alpha value is -0.0500. The Morgan fingerprint density at radius 2 is 1.76 bits per heavy atom. The average Bonchev–Trinajstić information content (AvgIpc) is 2.90. The van der Waals surface area contributed by atoms with Crippen LogP contribution in [0.2, 0.25) is 0 Å². The summed E-state index contributed by atoms with van der Waals surface area (Å²) >= 11 is 3.68. The van der Waals surface area contributed by atoms with Crippen molar-refractivity contribution in [1.29, 1.82) is 0 Å². The van der Waals surface area contributed by atoms with Crippen LogP contribution in [0, 0.1) is 17.3 Å². The van der Waals surface area contributed by atoms with E-state index in [0.717, 1.165) is 43.4 Å². The van der Waals surface area contributed by atoms with E-state index >= 15 is 0 Å². The number of rotatable bonds is 5. The van der Waals surface area contributed by atoms with Crippen molar-refractivity contribution in [2.75, 3.05) is 5.33 Å². The molecule has 2 rings (SSSR count). The summed E-state index contributed by atoms with van der Waals surface area (Å²) in [6.07, 6.45) is 10.4. The molecule has 0 aromatic carbocycles. The first-order chi connectivity index (χ1) is 9.91. The van der Waals surface area contributed by atoms with Crippen LogP contribution in [0.1, 0.15) is 78.6 Å². The van der Waals surface area contributed by atoms with Gasteiger partial charge in [0.1, 0.15) is 0 Å². The minimum atomic E-state index is -0.0770. The van der Waals surface area contributed by atoms with Gasteiger partial charge in [-0.3, -0.25) is 4.79 Å². The summed E-state index contributed by atoms with van der Waals surface area (Å²) in [6, 6.07) is 0. The second kappa shape index (κ2) is 7.02. The molecule has 0 heterocycles. The van der Waals surface area contributed by atoms with Crippen molar-refractivity contribution in [2.45, 2.75) is 84.1 Å². The third-order valence-corrected chi connectivity index (χ3v) is 6.78. The molecule has 122 valence electrons. The van der Waals surface area contributed by atoms with E-state index in [2.05, 4.69) is 42.0 Å². The first kappa shape index (κ1) is 17.3. The molecule has 1 N–H and O–H groups in total. The van der Waals surface area contributed by atoms with Gasteiger partial charge in [0.15, 0.2) is 0 Å². The monoisotopic (exact) mass is 357 g/mol. The largest absolute Gasteiger partial charge is 0.349 e. The smallest absolute Gasteiger partial charge is 0.226 e. The van der Waals surface area contributed by atoms with Crippen molar-refractivity contribution in [1.82, 2.24) is 5.32 Å². The summed E-state index contributed by atoms with van der Waals surface area (Å²) in [7, 11) is 0. The molecule has 0 aliphatic heterocycles. The maximum atomic E-state index is 13.1. The molecule has 2 saturated carbocycles. The molecule has 0 aromatic rings. The van der Waals surface area contributed by atoms with Crippen molar-refractivity contribution in [3.63, 3.8) is 0 Å². The van der Waals surface area contributed by atoms with E-state index in [-0.39, 0.29) is 11.0 Å². The van der Waals surface area contributed by atoms with E-state index < -0.39 is 0 Å². The van der Waals surface area contributed by atoms with Crippen molar-refractivity contribution in [3.8, 4) is 0 Å². The van der Waals surface area contributed by atoms with Gasteiger partial charge >= 0.3 is 0 Å². The Labute approximate surface area is 139 Å². The lowest BCUT2D eigenvalue weighted by Gasteiger charge is -2.42. The highest BCUT2D eigenvalue weighted by Gasteiger charge is 2.45. The molecule has 0 unspecified atom stereocenters. The fraction of sp³-hybridized carbons (Fsp3) is 0.944. The molecule has 0 spiro atoms. The van der Waals surface area contributed by atoms with Crippen LogP contribution in [0.15, 0.2) is 0 Å². The van der Waals surface area contributed by atoms with Crippen LogP contribution in [-0.4, -0.2) is 16.8 Å². The molecule has 0 atom stereocenters. The van der Waals surface area contributed by atoms with Crippen LogP contribution in [0.4, 0.5) is 0 Å². The normalized spacial score (nSPS) is 32.3. The molecule has 1 amide bonds. The van der Waals surface area contributed by atoms with Gasteiger partial charge in [0.05, 0.1) is 0 Å². The number of halogens is 1. The van der Waals surface area contributed by atoms with Crippen molar-refractivity contribution in [3.05, 3.63) is 0 Å². The van der Waals surface area contributed by atoms with Crippen LogP contribution in [0.5, 0.6) is 0 Å². The maximum Gasteiger partial charge on any atom is 0.226 e. The van der Waals surface area contributed by atoms with E-state index in [0.29, 0.717) is 11.8 Å². The van der Waals surface area contributed by atoms with E-state index in [1.54, 1.807) is 0 Å². The van der Waals surface area contributed by atoms with Gasteiger partial charge in [0.2, 0.25) is 5.91 Å². The topological polar surface area (TPSA) is 29.1 Å². The summed E-state index contributed by atoms with van der Waals surface area (Å²) in [6.45, 7) is 6.82. The Morgan fingerprint density at radius 3 is 2.24 bits per heavy atom. The van der Waals surface area contributed by atoms with Gasteiger partial charge in [-0.1, -0.05) is 49.5 Å². The average molecular weight is 358 g/mol. The highest BCUT2D eigenvalue weighted by molar-refractivity contribution is 9.09. The lowest BCUT2D eigenvalue weighted by Crippen LogP contribution is -2.56. The molecule has 2 fully saturated rings. The van der Waals surface area contributed by atoms with E-state index in [1.807, 2.05) is 0 Å². The Kier molecular flexibility index (Phi) is 5.78. The summed E-state index contributed by atoms with van der Waals surface area (Å²) in [5.74, 6) is 1.76. The molecule has 21 heavy (non-hydrogen) atoms. The number of amides is 1. The van der Waals surface area contributed by atoms with Gasteiger partial charge < -0.3 is 5.32 Å². The summed E-state index contributed by atoms with van der Waals surface area (Å²) in [4.78, 5) is 13.1. The van der Waals surface area contributed by atoms with Gasteiger partial charge in [-0.05, 0) is 56.8 Å². The number of hydrogen-bond donors (Lipinski definition) is 1. The quantitative estimate of drug-likeness (QED) is 0.685. The molecule has 0 saturated heterocycles. The number of hydrogen-bond acceptors (Lipinski definition) is 1. The zero-order valence-electron chi connectivity index (χ0n) is 14.0. The molecule has 2 aliphatic carbocycles. The molecule has 0 aromatic heterocycles. The molecule has 2 nitrogen and oxygen atoms in total. The molecule has 3 heteroatoms. The van der Waals surface area contributed by atoms with Crippen LogP contribution in [-0.2, 0) is 4.79 Å². The Bertz CT molecular complexity index is 352. The maximum absolute atomic E-state index is 13.1. The predicted molar refractivity (Wildman–Crippen MR) is 92.7 cm³/mol. The summed E-state index contributed by atoms with van der Waals surface area (Å²) < 4.78 is 0. The summed E-state index contributed by atoms with van der Waals surface area (Å²) in [5, 5.41) is 4.40. The summed E-state index contributed by atoms with van der Waals surface area (Å²) in [5.41, 5.74) is -0.0669. The molecular weight excluding hydrogens is 326 g/mol. The van der Waals surface area contributed by atoms with Gasteiger partial charge in [0, 0.05) is 16.3 Å². The fourth-order valence-electron chi connectivity index (χ4n) is 4.34. The first-order valence-corrected chi connectivity index (χ1v) is 9.92. The standard InChI is InChI=1S/C18H32BrNO/c1-14(2)12-17(8-4-5-9-17)16(21)20-18(13-19)10-6-15(3)7-11-18/h14-15H,4-13H2,1-3H3,(H,20,21). The minimum Gasteiger partial charge on any atom is -0.349 e. The van der Waals surface area contributed by atoms with E-state index in [9.17, 15) is 4.79 Å². The second-order valence-electron chi connectivity index (χ2n) is 8.14. The minimum absolute atomic E-state index is 0.0101. The van der Waals surface area contributed by atoms with E-state index in [1.165, 1.54) is 25.7 Å². The second-order valence-corrected chi connectivity index (χ2v) is 8.70. The van der Waals surface area contributed by atoms with Crippen LogP contribution >= 0.6 is 15.9 Å². The Balaban J connectivity index is 2.07. The number of alkyl halides is 1. The lowest BCUT2D eigenvalue weighted by molar-refractivity contribution is -0.134. The SMILES string of the molecule is CC(C)CC1(C(=O)NC2(CBr)CCC(C)CC2)CCCC1. The van der Waals surface area contributed by atoms with Gasteiger partial charge in [-0.2, -0.15) is 0 Å². The van der Waals surface area contributed by atoms with Gasteiger partial charge in [-0.15, -0.1) is 0 Å². The van der Waals surface area contributed by atoms with Crippen LogP contribution in [0.3, 0.4) is 0 Å². The molecule has 0 bridgehead atoms. The number of nitrogens with one attached hydrogen (secondary N) is 1. The Morgan fingerprint density at radius 1 is 1.19 bits per heavy atom. The van der Waals surface area contributed by atoms with Crippen molar-refractivity contribution >= 4 is 21.8 Å². The third kappa shape index (κ3) is 4.03. The highest BCUT2D eigenvalue weighted by Crippen LogP contribution is 2.44. The number of carbonyl (C=O) groups is 1. The van der Waals surface area contributed by atoms with Gasteiger partial charge in [0.25, 0.3) is 0 Å². The van der Waals surface area contributed by atoms with Crippen molar-refractivity contribution < 1.29 is 4.79 Å². The highest BCUT2D eigenvalue weighted by atomic mass is 79.9. The third-order valence-electron chi connectivity index (χ3n) is 5.71. The van der Waals surface area contributed by atoms with Gasteiger partial charge in [-0.25, -0.2) is 0 Å². The predicted octanol–water partition coefficient (Wildman–Crippen LogP) is 5.05. The van der Waals surface area contributed by atoms with E-state index in [4.69, 9.17) is 0 Å². The lowest BCUT2D eigenvalue weighted by atomic mass is 9.74. The van der Waals surface area contributed by atoms with Crippen LogP contribution in [0.25, 0.3) is 0 Å². The number of carbonyl (C=O) groups excluding carboxylic acids is 1. The molecular formula is C18H32BrNO. The van der Waals surface area contributed by atoms with Crippen LogP contribution < -0.4 is 5.32 Å².